The Labute approximate surface area is 189 Å². The molecule has 2 heterocycles. The van der Waals surface area contributed by atoms with Gasteiger partial charge in [-0.15, -0.1) is 16.8 Å². The highest BCUT2D eigenvalue weighted by Gasteiger charge is 2.21. The molecule has 4 rings (SSSR count). The van der Waals surface area contributed by atoms with Crippen LogP contribution in [0.25, 0.3) is 10.9 Å². The van der Waals surface area contributed by atoms with E-state index >= 15 is 0 Å². The van der Waals surface area contributed by atoms with Gasteiger partial charge < -0.3 is 9.30 Å². The molecule has 0 amide bonds. The van der Waals surface area contributed by atoms with E-state index in [2.05, 4.69) is 16.8 Å². The molecule has 0 radical (unpaired) electrons. The summed E-state index contributed by atoms with van der Waals surface area (Å²) in [6.45, 7) is 6.02. The third-order valence-corrected chi connectivity index (χ3v) is 6.06. The summed E-state index contributed by atoms with van der Waals surface area (Å²) < 4.78 is 23.5. The second-order valence-corrected chi connectivity index (χ2v) is 8.26. The molecule has 2 aromatic heterocycles. The van der Waals surface area contributed by atoms with Crippen molar-refractivity contribution < 1.29 is 13.9 Å². The van der Waals surface area contributed by atoms with Crippen molar-refractivity contribution in [3.63, 3.8) is 0 Å². The van der Waals surface area contributed by atoms with Gasteiger partial charge in [-0.1, -0.05) is 48.2 Å². The fourth-order valence-electron chi connectivity index (χ4n) is 3.56. The van der Waals surface area contributed by atoms with E-state index in [4.69, 9.17) is 4.74 Å². The predicted molar refractivity (Wildman–Crippen MR) is 124 cm³/mol. The van der Waals surface area contributed by atoms with E-state index in [9.17, 15) is 9.18 Å². The summed E-state index contributed by atoms with van der Waals surface area (Å²) in [4.78, 5) is 13.0. The fourth-order valence-corrected chi connectivity index (χ4v) is 4.40. The topological polar surface area (TPSA) is 61.9 Å². The fraction of sp³-hybridized carbons (Fsp3) is 0.208. The number of ether oxygens (including phenoxy) is 1. The van der Waals surface area contributed by atoms with Crippen LogP contribution in [0.3, 0.4) is 0 Å². The van der Waals surface area contributed by atoms with Crippen LogP contribution < -0.4 is 4.74 Å². The Bertz CT molecular complexity index is 1280. The molecular formula is C24H23FN4O2S. The smallest absolute Gasteiger partial charge is 0.192 e. The molecule has 1 unspecified atom stereocenters. The van der Waals surface area contributed by atoms with Gasteiger partial charge in [0, 0.05) is 36.3 Å². The second-order valence-electron chi connectivity index (χ2n) is 7.31. The zero-order valence-corrected chi connectivity index (χ0v) is 18.7. The van der Waals surface area contributed by atoms with Crippen molar-refractivity contribution in [3.05, 3.63) is 84.6 Å². The number of halogens is 1. The highest BCUT2D eigenvalue weighted by Crippen LogP contribution is 2.28. The summed E-state index contributed by atoms with van der Waals surface area (Å²) in [5.74, 6) is 0.467. The Hall–Kier alpha value is -3.39. The van der Waals surface area contributed by atoms with Gasteiger partial charge in [-0.2, -0.15) is 0 Å². The minimum absolute atomic E-state index is 0.0113. The van der Waals surface area contributed by atoms with Crippen LogP contribution in [-0.2, 0) is 13.6 Å². The number of benzene rings is 2. The molecule has 6 nitrogen and oxygen atoms in total. The molecule has 0 fully saturated rings. The van der Waals surface area contributed by atoms with Crippen LogP contribution in [0.4, 0.5) is 4.39 Å². The summed E-state index contributed by atoms with van der Waals surface area (Å²) in [6.07, 6.45) is 3.04. The summed E-state index contributed by atoms with van der Waals surface area (Å²) in [7, 11) is 1.93. The van der Waals surface area contributed by atoms with E-state index in [1.54, 1.807) is 31.2 Å². The van der Waals surface area contributed by atoms with Crippen LogP contribution in [0, 0.1) is 5.82 Å². The van der Waals surface area contributed by atoms with Gasteiger partial charge in [0.2, 0.25) is 0 Å². The van der Waals surface area contributed by atoms with Crippen molar-refractivity contribution in [2.75, 3.05) is 5.75 Å². The SMILES string of the molecule is C=CCn1c(SCC(=O)c2cn(C)c3ccccc23)nnc1C(C)Oc1ccccc1F. The number of Topliss-reactive ketones (excluding diaryl/α,β-unsaturated/α-hetero) is 1. The maximum Gasteiger partial charge on any atom is 0.192 e. The van der Waals surface area contributed by atoms with E-state index in [-0.39, 0.29) is 17.3 Å². The first-order valence-electron chi connectivity index (χ1n) is 10.1. The molecule has 0 aliphatic rings. The van der Waals surface area contributed by atoms with Crippen molar-refractivity contribution in [1.82, 2.24) is 19.3 Å². The maximum absolute atomic E-state index is 14.0. The van der Waals surface area contributed by atoms with Crippen LogP contribution >= 0.6 is 11.8 Å². The number of carbonyl (C=O) groups is 1. The highest BCUT2D eigenvalue weighted by molar-refractivity contribution is 7.99. The number of hydrogen-bond donors (Lipinski definition) is 0. The Morgan fingerprint density at radius 1 is 1.22 bits per heavy atom. The van der Waals surface area contributed by atoms with Crippen molar-refractivity contribution >= 4 is 28.4 Å². The van der Waals surface area contributed by atoms with E-state index in [1.807, 2.05) is 46.6 Å². The Morgan fingerprint density at radius 3 is 2.75 bits per heavy atom. The lowest BCUT2D eigenvalue weighted by molar-refractivity contribution is 0.102. The third-order valence-electron chi connectivity index (χ3n) is 5.09. The van der Waals surface area contributed by atoms with Crippen molar-refractivity contribution in [3.8, 4) is 5.75 Å². The molecule has 0 aliphatic carbocycles. The molecule has 4 aromatic rings. The van der Waals surface area contributed by atoms with Gasteiger partial charge in [0.05, 0.1) is 5.75 Å². The van der Waals surface area contributed by atoms with E-state index in [0.29, 0.717) is 23.1 Å². The number of rotatable bonds is 9. The highest BCUT2D eigenvalue weighted by atomic mass is 32.2. The molecule has 0 N–H and O–H groups in total. The van der Waals surface area contributed by atoms with E-state index < -0.39 is 11.9 Å². The monoisotopic (exact) mass is 450 g/mol. The molecule has 1 atom stereocenters. The molecular weight excluding hydrogens is 427 g/mol. The average Bonchev–Trinajstić information content (AvgIpc) is 3.35. The van der Waals surface area contributed by atoms with Gasteiger partial charge in [0.25, 0.3) is 0 Å². The number of hydrogen-bond acceptors (Lipinski definition) is 5. The van der Waals surface area contributed by atoms with E-state index in [0.717, 1.165) is 10.9 Å². The number of carbonyl (C=O) groups excluding carboxylic acids is 1. The zero-order valence-electron chi connectivity index (χ0n) is 17.9. The molecule has 0 aliphatic heterocycles. The number of aromatic nitrogens is 4. The molecule has 2 aromatic carbocycles. The Balaban J connectivity index is 1.52. The predicted octanol–water partition coefficient (Wildman–Crippen LogP) is 5.21. The molecule has 32 heavy (non-hydrogen) atoms. The number of para-hydroxylation sites is 2. The van der Waals surface area contributed by atoms with Gasteiger partial charge in [0.15, 0.2) is 34.4 Å². The number of fused-ring (bicyclic) bond motifs is 1. The number of ketones is 1. The lowest BCUT2D eigenvalue weighted by atomic mass is 10.1. The van der Waals surface area contributed by atoms with Crippen LogP contribution in [0.5, 0.6) is 5.75 Å². The number of aryl methyl sites for hydroxylation is 1. The number of allylic oxidation sites excluding steroid dienone is 1. The first-order valence-corrected chi connectivity index (χ1v) is 11.1. The normalized spacial score (nSPS) is 12.1. The number of nitrogens with zero attached hydrogens (tertiary/aromatic N) is 4. The summed E-state index contributed by atoms with van der Waals surface area (Å²) >= 11 is 1.31. The van der Waals surface area contributed by atoms with Crippen LogP contribution in [-0.4, -0.2) is 30.9 Å². The van der Waals surface area contributed by atoms with Gasteiger partial charge >= 0.3 is 0 Å². The number of thioether (sulfide) groups is 1. The lowest BCUT2D eigenvalue weighted by Crippen LogP contribution is -2.13. The molecule has 0 spiro atoms. The zero-order chi connectivity index (χ0) is 22.7. The molecule has 8 heteroatoms. The van der Waals surface area contributed by atoms with Gasteiger partial charge in [-0.25, -0.2) is 4.39 Å². The summed E-state index contributed by atoms with van der Waals surface area (Å²) in [6, 6.07) is 14.0. The summed E-state index contributed by atoms with van der Waals surface area (Å²) in [5.41, 5.74) is 1.69. The van der Waals surface area contributed by atoms with Gasteiger partial charge in [-0.05, 0) is 25.1 Å². The molecule has 0 bridgehead atoms. The van der Waals surface area contributed by atoms with Gasteiger partial charge in [0.1, 0.15) is 0 Å². The van der Waals surface area contributed by atoms with Crippen LogP contribution in [0.2, 0.25) is 0 Å². The van der Waals surface area contributed by atoms with Crippen molar-refractivity contribution in [1.29, 1.82) is 0 Å². The average molecular weight is 451 g/mol. The first-order chi connectivity index (χ1) is 15.5. The molecule has 0 saturated heterocycles. The lowest BCUT2D eigenvalue weighted by Gasteiger charge is -2.16. The minimum atomic E-state index is -0.539. The van der Waals surface area contributed by atoms with Crippen LogP contribution in [0.1, 0.15) is 29.2 Å². The molecule has 164 valence electrons. The Morgan fingerprint density at radius 2 is 1.97 bits per heavy atom. The van der Waals surface area contributed by atoms with Crippen LogP contribution in [0.15, 0.2) is 72.5 Å². The second kappa shape index (κ2) is 9.40. The standard InChI is InChI=1S/C24H23FN4O2S/c1-4-13-29-23(16(2)31-22-12-8-6-10-19(22)25)26-27-24(29)32-15-21(30)18-14-28(3)20-11-7-5-9-17(18)20/h4-12,14,16H,1,13,15H2,2-3H3. The van der Waals surface area contributed by atoms with E-state index in [1.165, 1.54) is 17.8 Å². The minimum Gasteiger partial charge on any atom is -0.480 e. The maximum atomic E-state index is 14.0. The third kappa shape index (κ3) is 4.31. The van der Waals surface area contributed by atoms with Crippen molar-refractivity contribution in [2.45, 2.75) is 24.7 Å². The summed E-state index contributed by atoms with van der Waals surface area (Å²) in [5, 5.41) is 10.0. The van der Waals surface area contributed by atoms with Gasteiger partial charge in [-0.3, -0.25) is 9.36 Å². The molecule has 0 saturated carbocycles. The Kier molecular flexibility index (Phi) is 6.41. The quantitative estimate of drug-likeness (QED) is 0.199. The largest absolute Gasteiger partial charge is 0.480 e. The van der Waals surface area contributed by atoms with Crippen molar-refractivity contribution in [2.24, 2.45) is 7.05 Å². The first kappa shape index (κ1) is 21.8.